The second-order valence-electron chi connectivity index (χ2n) is 4.26. The molecule has 6 nitrogen and oxygen atoms in total. The van der Waals surface area contributed by atoms with Crippen LogP contribution in [0.15, 0.2) is 18.7 Å². The Labute approximate surface area is 112 Å². The number of carboxylic acids is 1. The van der Waals surface area contributed by atoms with Crippen LogP contribution in [0.4, 0.5) is 0 Å². The predicted octanol–water partition coefficient (Wildman–Crippen LogP) is -0.603. The lowest BCUT2D eigenvalue weighted by Crippen LogP contribution is -2.32. The topological polar surface area (TPSA) is 83.1 Å². The highest BCUT2D eigenvalue weighted by Gasteiger charge is 2.04. The van der Waals surface area contributed by atoms with Gasteiger partial charge in [0.2, 0.25) is 6.33 Å². The molecule has 0 aliphatic rings. The van der Waals surface area contributed by atoms with Crippen LogP contribution in [-0.2, 0) is 28.0 Å². The fraction of sp³-hybridized carbons (Fsp3) is 0.538. The van der Waals surface area contributed by atoms with E-state index in [1.165, 1.54) is 12.8 Å². The SMILES string of the molecule is CC(=O)CC(=O)C(=O)[O-].CCCCn1cc[n+](C)c1. The van der Waals surface area contributed by atoms with Crippen LogP contribution in [0.1, 0.15) is 33.1 Å². The van der Waals surface area contributed by atoms with Crippen LogP contribution < -0.4 is 9.67 Å². The van der Waals surface area contributed by atoms with Gasteiger partial charge in [0.1, 0.15) is 24.1 Å². The molecule has 1 aromatic rings. The molecule has 0 bridgehead atoms. The lowest BCUT2D eigenvalue weighted by Gasteiger charge is -1.95. The number of hydrogen-bond donors (Lipinski definition) is 0. The Bertz CT molecular complexity index is 438. The number of unbranched alkanes of at least 4 members (excludes halogenated alkanes) is 1. The van der Waals surface area contributed by atoms with Crippen LogP contribution in [0.2, 0.25) is 0 Å². The van der Waals surface area contributed by atoms with E-state index in [9.17, 15) is 19.5 Å². The van der Waals surface area contributed by atoms with Gasteiger partial charge in [0.05, 0.1) is 20.0 Å². The second-order valence-corrected chi connectivity index (χ2v) is 4.26. The van der Waals surface area contributed by atoms with Crippen molar-refractivity contribution >= 4 is 17.5 Å². The first-order valence-corrected chi connectivity index (χ1v) is 6.11. The molecule has 0 saturated heterocycles. The number of aliphatic carboxylic acids is 1. The summed E-state index contributed by atoms with van der Waals surface area (Å²) in [5.41, 5.74) is 0. The standard InChI is InChI=1S/C8H15N2.C5H6O4/c1-3-4-5-10-7-6-9(2)8-10;1-3(6)2-4(7)5(8)9/h6-8H,3-5H2,1-2H3;2H2,1H3,(H,8,9)/q+1;/p-1. The van der Waals surface area contributed by atoms with E-state index < -0.39 is 24.0 Å². The van der Waals surface area contributed by atoms with Gasteiger partial charge in [0.25, 0.3) is 0 Å². The number of carbonyl (C=O) groups excluding carboxylic acids is 3. The molecule has 0 aliphatic carbocycles. The fourth-order valence-electron chi connectivity index (χ4n) is 1.27. The first-order chi connectivity index (χ1) is 8.86. The zero-order valence-electron chi connectivity index (χ0n) is 11.6. The highest BCUT2D eigenvalue weighted by atomic mass is 16.4. The van der Waals surface area contributed by atoms with Gasteiger partial charge in [-0.1, -0.05) is 13.3 Å². The molecule has 0 aliphatic heterocycles. The van der Waals surface area contributed by atoms with Gasteiger partial charge in [-0.25, -0.2) is 9.13 Å². The van der Waals surface area contributed by atoms with Gasteiger partial charge in [-0.15, -0.1) is 0 Å². The molecule has 0 fully saturated rings. The van der Waals surface area contributed by atoms with Crippen molar-refractivity contribution in [3.8, 4) is 0 Å². The predicted molar refractivity (Wildman–Crippen MR) is 65.8 cm³/mol. The molecule has 0 unspecified atom stereocenters. The van der Waals surface area contributed by atoms with E-state index in [-0.39, 0.29) is 0 Å². The van der Waals surface area contributed by atoms with E-state index in [1.807, 2.05) is 7.05 Å². The van der Waals surface area contributed by atoms with E-state index >= 15 is 0 Å². The number of nitrogens with zero attached hydrogens (tertiary/aromatic N) is 2. The number of imidazole rings is 1. The fourth-order valence-corrected chi connectivity index (χ4v) is 1.27. The Balaban J connectivity index is 0.000000344. The molecule has 0 saturated carbocycles. The van der Waals surface area contributed by atoms with Gasteiger partial charge in [-0.2, -0.15) is 0 Å². The van der Waals surface area contributed by atoms with Crippen molar-refractivity contribution in [1.29, 1.82) is 0 Å². The molecule has 106 valence electrons. The average Bonchev–Trinajstić information content (AvgIpc) is 2.72. The summed E-state index contributed by atoms with van der Waals surface area (Å²) in [6.07, 6.45) is 8.25. The number of aryl methyl sites for hydroxylation is 2. The molecule has 6 heteroatoms. The Morgan fingerprint density at radius 3 is 2.26 bits per heavy atom. The minimum absolute atomic E-state index is 0.468. The van der Waals surface area contributed by atoms with E-state index in [0.29, 0.717) is 0 Å². The molecule has 1 heterocycles. The Morgan fingerprint density at radius 2 is 1.95 bits per heavy atom. The third-order valence-electron chi connectivity index (χ3n) is 2.23. The van der Waals surface area contributed by atoms with Gasteiger partial charge >= 0.3 is 0 Å². The molecular weight excluding hydrogens is 248 g/mol. The number of hydrogen-bond acceptors (Lipinski definition) is 4. The van der Waals surface area contributed by atoms with Crippen LogP contribution in [0.25, 0.3) is 0 Å². The number of carbonyl (C=O) groups is 3. The van der Waals surface area contributed by atoms with Crippen LogP contribution in [0.5, 0.6) is 0 Å². The lowest BCUT2D eigenvalue weighted by molar-refractivity contribution is -0.671. The van der Waals surface area contributed by atoms with Crippen LogP contribution in [0, 0.1) is 0 Å². The Hall–Kier alpha value is -1.98. The third kappa shape index (κ3) is 8.70. The maximum absolute atomic E-state index is 10.1. The van der Waals surface area contributed by atoms with Crippen molar-refractivity contribution in [1.82, 2.24) is 4.57 Å². The third-order valence-corrected chi connectivity index (χ3v) is 2.23. The Kier molecular flexibility index (Phi) is 8.08. The zero-order chi connectivity index (χ0) is 14.8. The minimum Gasteiger partial charge on any atom is -0.542 e. The summed E-state index contributed by atoms with van der Waals surface area (Å²) in [5.74, 6) is -3.43. The number of rotatable bonds is 6. The van der Waals surface area contributed by atoms with E-state index in [4.69, 9.17) is 0 Å². The minimum atomic E-state index is -1.80. The molecule has 0 spiro atoms. The first kappa shape index (κ1) is 17.0. The van der Waals surface area contributed by atoms with Crippen molar-refractivity contribution in [2.24, 2.45) is 7.05 Å². The molecule has 0 amide bonds. The molecular formula is C13H20N2O4. The lowest BCUT2D eigenvalue weighted by atomic mass is 10.2. The van der Waals surface area contributed by atoms with Crippen LogP contribution in [-0.4, -0.2) is 22.1 Å². The second kappa shape index (κ2) is 9.02. The summed E-state index contributed by atoms with van der Waals surface area (Å²) in [7, 11) is 2.04. The van der Waals surface area contributed by atoms with Crippen molar-refractivity contribution in [2.75, 3.05) is 0 Å². The maximum Gasteiger partial charge on any atom is 0.243 e. The quantitative estimate of drug-likeness (QED) is 0.392. The molecule has 19 heavy (non-hydrogen) atoms. The smallest absolute Gasteiger partial charge is 0.243 e. The van der Waals surface area contributed by atoms with Crippen molar-refractivity contribution in [3.05, 3.63) is 18.7 Å². The number of ketones is 2. The van der Waals surface area contributed by atoms with E-state index in [1.54, 1.807) is 0 Å². The normalized spacial score (nSPS) is 9.42. The Morgan fingerprint density at radius 1 is 1.32 bits per heavy atom. The zero-order valence-corrected chi connectivity index (χ0v) is 11.6. The summed E-state index contributed by atoms with van der Waals surface area (Å²) in [6, 6.07) is 0. The molecule has 0 atom stereocenters. The van der Waals surface area contributed by atoms with Crippen molar-refractivity contribution in [2.45, 2.75) is 39.7 Å². The summed E-state index contributed by atoms with van der Waals surface area (Å²) < 4.78 is 4.28. The number of aromatic nitrogens is 2. The average molecular weight is 268 g/mol. The van der Waals surface area contributed by atoms with Gasteiger partial charge in [-0.3, -0.25) is 9.59 Å². The van der Waals surface area contributed by atoms with E-state index in [0.717, 1.165) is 13.5 Å². The largest absolute Gasteiger partial charge is 0.542 e. The number of Topliss-reactive ketones (excluding diaryl/α,β-unsaturated/α-hetero) is 2. The summed E-state index contributed by atoms with van der Waals surface area (Å²) in [6.45, 7) is 4.50. The van der Waals surface area contributed by atoms with Crippen molar-refractivity contribution < 1.29 is 24.1 Å². The summed E-state index contributed by atoms with van der Waals surface area (Å²) >= 11 is 0. The van der Waals surface area contributed by atoms with Gasteiger partial charge in [-0.05, 0) is 13.3 Å². The maximum atomic E-state index is 10.1. The molecule has 0 N–H and O–H groups in total. The van der Waals surface area contributed by atoms with Gasteiger partial charge < -0.3 is 9.90 Å². The summed E-state index contributed by atoms with van der Waals surface area (Å²) in [4.78, 5) is 29.7. The summed E-state index contributed by atoms with van der Waals surface area (Å²) in [5, 5.41) is 9.62. The van der Waals surface area contributed by atoms with E-state index in [2.05, 4.69) is 34.8 Å². The highest BCUT2D eigenvalue weighted by Crippen LogP contribution is 1.91. The van der Waals surface area contributed by atoms with Crippen LogP contribution in [0.3, 0.4) is 0 Å². The van der Waals surface area contributed by atoms with Crippen molar-refractivity contribution in [3.63, 3.8) is 0 Å². The molecule has 0 radical (unpaired) electrons. The first-order valence-electron chi connectivity index (χ1n) is 6.11. The van der Waals surface area contributed by atoms with Gasteiger partial charge in [0.15, 0.2) is 5.78 Å². The highest BCUT2D eigenvalue weighted by molar-refractivity contribution is 6.35. The van der Waals surface area contributed by atoms with Gasteiger partial charge in [0, 0.05) is 0 Å². The molecule has 1 aromatic heterocycles. The molecule has 0 aromatic carbocycles. The number of carboxylic acid groups (broad SMARTS) is 1. The van der Waals surface area contributed by atoms with Crippen LogP contribution >= 0.6 is 0 Å². The monoisotopic (exact) mass is 268 g/mol. The molecule has 1 rings (SSSR count).